The van der Waals surface area contributed by atoms with Crippen molar-refractivity contribution in [2.45, 2.75) is 40.2 Å². The first kappa shape index (κ1) is 29.5. The molecule has 1 N–H and O–H groups in total. The van der Waals surface area contributed by atoms with Crippen LogP contribution in [0.3, 0.4) is 0 Å². The Balaban J connectivity index is 1.82. The number of ether oxygens (including phenoxy) is 4. The number of pyridine rings is 1. The van der Waals surface area contributed by atoms with E-state index < -0.39 is 23.4 Å². The van der Waals surface area contributed by atoms with Crippen LogP contribution >= 0.6 is 11.3 Å². The van der Waals surface area contributed by atoms with Gasteiger partial charge < -0.3 is 24.3 Å². The third-order valence-corrected chi connectivity index (χ3v) is 7.27. The summed E-state index contributed by atoms with van der Waals surface area (Å²) in [6.07, 6.45) is 0. The molecule has 4 aromatic rings. The normalized spacial score (nSPS) is 11.2. The second-order valence-electron chi connectivity index (χ2n) is 10.1. The highest BCUT2D eigenvalue weighted by Crippen LogP contribution is 2.37. The summed E-state index contributed by atoms with van der Waals surface area (Å²) in [6.45, 7) is 8.72. The number of hydrogen-bond acceptors (Lipinski definition) is 9. The lowest BCUT2D eigenvalue weighted by Gasteiger charge is -2.19. The Bertz CT molecular complexity index is 1640. The molecule has 0 aliphatic rings. The lowest BCUT2D eigenvalue weighted by Crippen LogP contribution is -2.23. The fourth-order valence-electron chi connectivity index (χ4n) is 4.25. The number of carbonyl (C=O) groups is 3. The summed E-state index contributed by atoms with van der Waals surface area (Å²) in [7, 11) is 3.11. The minimum atomic E-state index is -0.740. The Morgan fingerprint density at radius 2 is 1.71 bits per heavy atom. The molecule has 1 amide bonds. The Morgan fingerprint density at radius 1 is 0.976 bits per heavy atom. The quantitative estimate of drug-likeness (QED) is 0.231. The second kappa shape index (κ2) is 12.0. The minimum absolute atomic E-state index is 0.112. The van der Waals surface area contributed by atoms with Gasteiger partial charge in [-0.15, -0.1) is 11.3 Å². The largest absolute Gasteiger partial charge is 0.497 e. The van der Waals surface area contributed by atoms with Crippen LogP contribution in [0.4, 0.5) is 5.00 Å². The SMILES string of the molecule is CCOC(=O)c1c(NC(=O)c2cc(-c3ccc(OC)cc3OC)nc3ccccc23)sc(C(=O)OC(C)(C)C)c1C. The molecule has 9 nitrogen and oxygen atoms in total. The highest BCUT2D eigenvalue weighted by atomic mass is 32.1. The average Bonchev–Trinajstić information content (AvgIpc) is 3.26. The van der Waals surface area contributed by atoms with Gasteiger partial charge in [0.2, 0.25) is 0 Å². The third kappa shape index (κ3) is 6.33. The number of aromatic nitrogens is 1. The zero-order chi connectivity index (χ0) is 29.9. The average molecular weight is 577 g/mol. The number of thiophene rings is 1. The van der Waals surface area contributed by atoms with Gasteiger partial charge in [0.25, 0.3) is 5.91 Å². The molecule has 0 atom stereocenters. The number of rotatable bonds is 8. The zero-order valence-corrected chi connectivity index (χ0v) is 24.9. The number of amides is 1. The van der Waals surface area contributed by atoms with Crippen molar-refractivity contribution >= 4 is 45.1 Å². The Labute approximate surface area is 242 Å². The zero-order valence-electron chi connectivity index (χ0n) is 24.0. The van der Waals surface area contributed by atoms with Crippen LogP contribution in [0.1, 0.15) is 63.6 Å². The van der Waals surface area contributed by atoms with Gasteiger partial charge in [-0.2, -0.15) is 0 Å². The van der Waals surface area contributed by atoms with Crippen LogP contribution in [-0.4, -0.2) is 49.3 Å². The molecule has 0 spiro atoms. The van der Waals surface area contributed by atoms with Crippen LogP contribution in [0.2, 0.25) is 0 Å². The van der Waals surface area contributed by atoms with E-state index in [1.165, 1.54) is 0 Å². The van der Waals surface area contributed by atoms with Crippen LogP contribution in [0, 0.1) is 6.92 Å². The summed E-state index contributed by atoms with van der Waals surface area (Å²) >= 11 is 0.971. The van der Waals surface area contributed by atoms with Crippen molar-refractivity contribution in [2.24, 2.45) is 0 Å². The molecule has 0 fully saturated rings. The predicted molar refractivity (Wildman–Crippen MR) is 158 cm³/mol. The van der Waals surface area contributed by atoms with Crippen molar-refractivity contribution in [3.63, 3.8) is 0 Å². The van der Waals surface area contributed by atoms with Gasteiger partial charge in [-0.1, -0.05) is 18.2 Å². The number of fused-ring (bicyclic) bond motifs is 1. The maximum absolute atomic E-state index is 13.9. The summed E-state index contributed by atoms with van der Waals surface area (Å²) in [5.74, 6) is -0.576. The number of nitrogens with zero attached hydrogens (tertiary/aromatic N) is 1. The summed E-state index contributed by atoms with van der Waals surface area (Å²) in [5.41, 5.74) is 1.84. The van der Waals surface area contributed by atoms with E-state index in [0.717, 1.165) is 11.3 Å². The number of nitrogens with one attached hydrogen (secondary N) is 1. The first-order valence-electron chi connectivity index (χ1n) is 12.9. The summed E-state index contributed by atoms with van der Waals surface area (Å²) in [4.78, 5) is 44.8. The minimum Gasteiger partial charge on any atom is -0.497 e. The molecule has 41 heavy (non-hydrogen) atoms. The highest BCUT2D eigenvalue weighted by molar-refractivity contribution is 7.18. The Morgan fingerprint density at radius 3 is 2.37 bits per heavy atom. The maximum atomic E-state index is 13.9. The Kier molecular flexibility index (Phi) is 8.63. The number of hydrogen-bond donors (Lipinski definition) is 1. The van der Waals surface area contributed by atoms with E-state index in [1.807, 2.05) is 24.3 Å². The molecular formula is C31H32N2O7S. The molecule has 214 valence electrons. The lowest BCUT2D eigenvalue weighted by atomic mass is 10.0. The molecule has 0 unspecified atom stereocenters. The van der Waals surface area contributed by atoms with E-state index in [9.17, 15) is 14.4 Å². The number of anilines is 1. The van der Waals surface area contributed by atoms with Crippen molar-refractivity contribution < 1.29 is 33.3 Å². The predicted octanol–water partition coefficient (Wildman–Crippen LogP) is 6.67. The van der Waals surface area contributed by atoms with Gasteiger partial charge in [0.05, 0.1) is 43.2 Å². The van der Waals surface area contributed by atoms with Gasteiger partial charge in [-0.05, 0) is 64.4 Å². The van der Waals surface area contributed by atoms with E-state index in [2.05, 4.69) is 5.32 Å². The molecule has 0 saturated carbocycles. The van der Waals surface area contributed by atoms with E-state index in [4.69, 9.17) is 23.9 Å². The highest BCUT2D eigenvalue weighted by Gasteiger charge is 2.30. The fraction of sp³-hybridized carbons (Fsp3) is 0.290. The van der Waals surface area contributed by atoms with Crippen LogP contribution in [0.5, 0.6) is 11.5 Å². The number of esters is 2. The molecule has 0 aliphatic carbocycles. The van der Waals surface area contributed by atoms with Crippen molar-refractivity contribution in [2.75, 3.05) is 26.1 Å². The van der Waals surface area contributed by atoms with Crippen molar-refractivity contribution in [1.82, 2.24) is 4.98 Å². The van der Waals surface area contributed by atoms with E-state index >= 15 is 0 Å². The standard InChI is InChI=1S/C31H32N2O7S/c1-8-39-29(35)25-17(2)26(30(36)40-31(3,4)5)41-28(25)33-27(34)21-16-23(32-22-12-10-9-11-19(21)22)20-14-13-18(37-6)15-24(20)38-7/h9-16H,8H2,1-7H3,(H,33,34). The van der Waals surface area contributed by atoms with E-state index in [1.54, 1.807) is 73.1 Å². The van der Waals surface area contributed by atoms with Gasteiger partial charge in [0, 0.05) is 17.0 Å². The van der Waals surface area contributed by atoms with Crippen LogP contribution in [0.25, 0.3) is 22.2 Å². The van der Waals surface area contributed by atoms with Crippen LogP contribution in [0.15, 0.2) is 48.5 Å². The van der Waals surface area contributed by atoms with E-state index in [0.29, 0.717) is 44.8 Å². The van der Waals surface area contributed by atoms with Gasteiger partial charge >= 0.3 is 11.9 Å². The van der Waals surface area contributed by atoms with E-state index in [-0.39, 0.29) is 22.0 Å². The second-order valence-corrected chi connectivity index (χ2v) is 11.1. The maximum Gasteiger partial charge on any atom is 0.349 e. The molecule has 2 aromatic carbocycles. The van der Waals surface area contributed by atoms with Gasteiger partial charge in [-0.3, -0.25) is 4.79 Å². The summed E-state index contributed by atoms with van der Waals surface area (Å²) < 4.78 is 21.7. The molecule has 0 aliphatic heterocycles. The first-order chi connectivity index (χ1) is 19.5. The molecule has 10 heteroatoms. The number of para-hydroxylation sites is 1. The Hall–Kier alpha value is -4.44. The molecule has 4 rings (SSSR count). The van der Waals surface area contributed by atoms with Gasteiger partial charge in [-0.25, -0.2) is 14.6 Å². The molecule has 2 heterocycles. The van der Waals surface area contributed by atoms with Crippen molar-refractivity contribution in [3.05, 3.63) is 70.1 Å². The number of methoxy groups -OCH3 is 2. The third-order valence-electron chi connectivity index (χ3n) is 6.08. The lowest BCUT2D eigenvalue weighted by molar-refractivity contribution is 0.00743. The first-order valence-corrected chi connectivity index (χ1v) is 13.8. The smallest absolute Gasteiger partial charge is 0.349 e. The van der Waals surface area contributed by atoms with Crippen molar-refractivity contribution in [3.8, 4) is 22.8 Å². The molecular weight excluding hydrogens is 544 g/mol. The number of carbonyl (C=O) groups excluding carboxylic acids is 3. The van der Waals surface area contributed by atoms with Crippen molar-refractivity contribution in [1.29, 1.82) is 0 Å². The monoisotopic (exact) mass is 576 g/mol. The molecule has 0 bridgehead atoms. The summed E-state index contributed by atoms with van der Waals surface area (Å²) in [6, 6.07) is 14.3. The topological polar surface area (TPSA) is 113 Å². The molecule has 0 radical (unpaired) electrons. The summed E-state index contributed by atoms with van der Waals surface area (Å²) in [5, 5.41) is 3.66. The van der Waals surface area contributed by atoms with Crippen LogP contribution < -0.4 is 14.8 Å². The van der Waals surface area contributed by atoms with Crippen LogP contribution in [-0.2, 0) is 9.47 Å². The molecule has 2 aromatic heterocycles. The molecule has 0 saturated heterocycles. The van der Waals surface area contributed by atoms with Gasteiger partial charge in [0.1, 0.15) is 27.0 Å². The fourth-order valence-corrected chi connectivity index (χ4v) is 5.32. The van der Waals surface area contributed by atoms with Gasteiger partial charge in [0.15, 0.2) is 0 Å². The number of benzene rings is 2.